The number of ether oxygens (including phenoxy) is 1. The molecule has 2 heterocycles. The van der Waals surface area contributed by atoms with Crippen LogP contribution in [0.3, 0.4) is 0 Å². The van der Waals surface area contributed by atoms with Gasteiger partial charge in [0.1, 0.15) is 5.75 Å². The average molecular weight is 455 g/mol. The average Bonchev–Trinajstić information content (AvgIpc) is 2.84. The van der Waals surface area contributed by atoms with Crippen molar-refractivity contribution < 1.29 is 18.1 Å². The molecule has 0 bridgehead atoms. The SMILES string of the molecule is COc1ccc(-c2ccc(N3CCN(S(=O)(=O)c4cccc([N+](=O)[O-])c4)CC3)nn2)cc1. The Balaban J connectivity index is 1.43. The first-order valence-corrected chi connectivity index (χ1v) is 11.3. The molecule has 32 heavy (non-hydrogen) atoms. The summed E-state index contributed by atoms with van der Waals surface area (Å²) in [4.78, 5) is 12.2. The molecular formula is C21H21N5O5S. The van der Waals surface area contributed by atoms with Gasteiger partial charge in [0.05, 0.1) is 22.6 Å². The number of sulfonamides is 1. The van der Waals surface area contributed by atoms with E-state index in [4.69, 9.17) is 4.74 Å². The fourth-order valence-corrected chi connectivity index (χ4v) is 4.94. The Morgan fingerprint density at radius 2 is 1.69 bits per heavy atom. The number of piperazine rings is 1. The number of rotatable bonds is 6. The van der Waals surface area contributed by atoms with Gasteiger partial charge in [-0.25, -0.2) is 8.42 Å². The van der Waals surface area contributed by atoms with Gasteiger partial charge in [-0.15, -0.1) is 10.2 Å². The summed E-state index contributed by atoms with van der Waals surface area (Å²) in [6.07, 6.45) is 0. The highest BCUT2D eigenvalue weighted by Crippen LogP contribution is 2.24. The molecule has 0 unspecified atom stereocenters. The first kappa shape index (κ1) is 21.7. The number of non-ortho nitro benzene ring substituents is 1. The predicted octanol–water partition coefficient (Wildman–Crippen LogP) is 2.57. The van der Waals surface area contributed by atoms with Crippen molar-refractivity contribution in [1.29, 1.82) is 0 Å². The lowest BCUT2D eigenvalue weighted by Crippen LogP contribution is -2.49. The second kappa shape index (κ2) is 8.89. The molecule has 0 aliphatic carbocycles. The van der Waals surface area contributed by atoms with Crippen molar-refractivity contribution in [2.24, 2.45) is 0 Å². The molecule has 1 aliphatic rings. The van der Waals surface area contributed by atoms with Gasteiger partial charge in [0.15, 0.2) is 5.82 Å². The maximum Gasteiger partial charge on any atom is 0.270 e. The molecule has 1 aliphatic heterocycles. The standard InChI is InChI=1S/C21H21N5O5S/c1-31-18-7-5-16(6-8-18)20-9-10-21(23-22-20)24-11-13-25(14-12-24)32(29,30)19-4-2-3-17(15-19)26(27)28/h2-10,15H,11-14H2,1H3. The molecule has 0 saturated carbocycles. The molecule has 0 N–H and O–H groups in total. The van der Waals surface area contributed by atoms with Gasteiger partial charge in [0, 0.05) is 43.9 Å². The summed E-state index contributed by atoms with van der Waals surface area (Å²) in [5, 5.41) is 19.6. The maximum atomic E-state index is 12.9. The Bertz CT molecular complexity index is 1210. The molecule has 166 valence electrons. The Kier molecular flexibility index (Phi) is 6.01. The number of benzene rings is 2. The number of anilines is 1. The van der Waals surface area contributed by atoms with Crippen LogP contribution in [-0.2, 0) is 10.0 Å². The lowest BCUT2D eigenvalue weighted by atomic mass is 10.1. The monoisotopic (exact) mass is 455 g/mol. The fraction of sp³-hybridized carbons (Fsp3) is 0.238. The second-order valence-corrected chi connectivity index (χ2v) is 9.09. The molecule has 11 heteroatoms. The molecule has 1 aromatic heterocycles. The molecule has 0 amide bonds. The van der Waals surface area contributed by atoms with Crippen molar-refractivity contribution in [3.63, 3.8) is 0 Å². The van der Waals surface area contributed by atoms with Crippen molar-refractivity contribution in [2.45, 2.75) is 4.90 Å². The van der Waals surface area contributed by atoms with E-state index in [9.17, 15) is 18.5 Å². The predicted molar refractivity (Wildman–Crippen MR) is 118 cm³/mol. The van der Waals surface area contributed by atoms with E-state index in [2.05, 4.69) is 10.2 Å². The molecule has 2 aromatic carbocycles. The van der Waals surface area contributed by atoms with Gasteiger partial charge >= 0.3 is 0 Å². The number of nitrogens with zero attached hydrogens (tertiary/aromatic N) is 5. The third-order valence-corrected chi connectivity index (χ3v) is 7.16. The summed E-state index contributed by atoms with van der Waals surface area (Å²) in [5.41, 5.74) is 1.39. The van der Waals surface area contributed by atoms with Crippen LogP contribution in [0.4, 0.5) is 11.5 Å². The van der Waals surface area contributed by atoms with Gasteiger partial charge in [0.25, 0.3) is 5.69 Å². The van der Waals surface area contributed by atoms with E-state index in [1.54, 1.807) is 7.11 Å². The van der Waals surface area contributed by atoms with Crippen LogP contribution in [0, 0.1) is 10.1 Å². The Labute approximate surface area is 185 Å². The topological polar surface area (TPSA) is 119 Å². The van der Waals surface area contributed by atoms with Crippen molar-refractivity contribution >= 4 is 21.5 Å². The molecule has 1 fully saturated rings. The molecular weight excluding hydrogens is 434 g/mol. The fourth-order valence-electron chi connectivity index (χ4n) is 3.47. The maximum absolute atomic E-state index is 12.9. The number of hydrogen-bond acceptors (Lipinski definition) is 8. The van der Waals surface area contributed by atoms with Gasteiger partial charge in [-0.05, 0) is 42.5 Å². The van der Waals surface area contributed by atoms with E-state index < -0.39 is 14.9 Å². The molecule has 4 rings (SSSR count). The summed E-state index contributed by atoms with van der Waals surface area (Å²) >= 11 is 0. The van der Waals surface area contributed by atoms with Crippen molar-refractivity contribution in [3.8, 4) is 17.0 Å². The first-order valence-electron chi connectivity index (χ1n) is 9.86. The number of aromatic nitrogens is 2. The van der Waals surface area contributed by atoms with Crippen LogP contribution in [0.15, 0.2) is 65.6 Å². The Morgan fingerprint density at radius 1 is 0.969 bits per heavy atom. The van der Waals surface area contributed by atoms with Gasteiger partial charge in [0.2, 0.25) is 10.0 Å². The zero-order valence-corrected chi connectivity index (χ0v) is 18.1. The van der Waals surface area contributed by atoms with Crippen molar-refractivity contribution in [1.82, 2.24) is 14.5 Å². The smallest absolute Gasteiger partial charge is 0.270 e. The van der Waals surface area contributed by atoms with Gasteiger partial charge < -0.3 is 9.64 Å². The van der Waals surface area contributed by atoms with Gasteiger partial charge in [-0.3, -0.25) is 10.1 Å². The summed E-state index contributed by atoms with van der Waals surface area (Å²) in [5.74, 6) is 1.42. The lowest BCUT2D eigenvalue weighted by molar-refractivity contribution is -0.385. The third kappa shape index (κ3) is 4.39. The summed E-state index contributed by atoms with van der Waals surface area (Å²) in [7, 11) is -2.21. The zero-order valence-electron chi connectivity index (χ0n) is 17.3. The van der Waals surface area contributed by atoms with Crippen LogP contribution < -0.4 is 9.64 Å². The normalized spacial score (nSPS) is 14.8. The zero-order chi connectivity index (χ0) is 22.7. The number of nitro benzene ring substituents is 1. The van der Waals surface area contributed by atoms with E-state index in [1.165, 1.54) is 22.5 Å². The van der Waals surface area contributed by atoms with E-state index in [-0.39, 0.29) is 23.7 Å². The molecule has 1 saturated heterocycles. The Hall–Kier alpha value is -3.57. The molecule has 0 radical (unpaired) electrons. The number of nitro groups is 1. The van der Waals surface area contributed by atoms with Gasteiger partial charge in [-0.2, -0.15) is 4.31 Å². The second-order valence-electron chi connectivity index (χ2n) is 7.15. The third-order valence-electron chi connectivity index (χ3n) is 5.27. The highest BCUT2D eigenvalue weighted by atomic mass is 32.2. The minimum absolute atomic E-state index is 0.0798. The molecule has 0 spiro atoms. The number of hydrogen-bond donors (Lipinski definition) is 0. The van der Waals surface area contributed by atoms with Crippen molar-refractivity contribution in [2.75, 3.05) is 38.2 Å². The van der Waals surface area contributed by atoms with Crippen LogP contribution >= 0.6 is 0 Å². The lowest BCUT2D eigenvalue weighted by Gasteiger charge is -2.34. The van der Waals surface area contributed by atoms with Crippen LogP contribution in [0.5, 0.6) is 5.75 Å². The summed E-state index contributed by atoms with van der Waals surface area (Å²) in [6, 6.07) is 16.3. The van der Waals surface area contributed by atoms with Crippen molar-refractivity contribution in [3.05, 3.63) is 70.8 Å². The van der Waals surface area contributed by atoms with E-state index in [0.717, 1.165) is 23.1 Å². The van der Waals surface area contributed by atoms with Crippen LogP contribution in [0.25, 0.3) is 11.3 Å². The molecule has 10 nitrogen and oxygen atoms in total. The quantitative estimate of drug-likeness (QED) is 0.411. The largest absolute Gasteiger partial charge is 0.497 e. The van der Waals surface area contributed by atoms with E-state index in [0.29, 0.717) is 18.9 Å². The number of methoxy groups -OCH3 is 1. The highest BCUT2D eigenvalue weighted by Gasteiger charge is 2.30. The summed E-state index contributed by atoms with van der Waals surface area (Å²) < 4.78 is 32.3. The van der Waals surface area contributed by atoms with Crippen LogP contribution in [0.1, 0.15) is 0 Å². The minimum atomic E-state index is -3.82. The minimum Gasteiger partial charge on any atom is -0.497 e. The van der Waals surface area contributed by atoms with Crippen LogP contribution in [0.2, 0.25) is 0 Å². The van der Waals surface area contributed by atoms with Gasteiger partial charge in [-0.1, -0.05) is 6.07 Å². The van der Waals surface area contributed by atoms with Crippen LogP contribution in [-0.4, -0.2) is 61.1 Å². The van der Waals surface area contributed by atoms with E-state index in [1.807, 2.05) is 41.3 Å². The highest BCUT2D eigenvalue weighted by molar-refractivity contribution is 7.89. The molecule has 0 atom stereocenters. The molecule has 3 aromatic rings. The Morgan fingerprint density at radius 3 is 2.28 bits per heavy atom. The summed E-state index contributed by atoms with van der Waals surface area (Å²) in [6.45, 7) is 1.36. The first-order chi connectivity index (χ1) is 15.4. The van der Waals surface area contributed by atoms with E-state index >= 15 is 0 Å².